The number of nitrogens with zero attached hydrogens (tertiary/aromatic N) is 1. The zero-order valence-corrected chi connectivity index (χ0v) is 15.0. The Kier molecular flexibility index (Phi) is 7.47. The van der Waals surface area contributed by atoms with Gasteiger partial charge in [0.05, 0.1) is 5.75 Å². The third kappa shape index (κ3) is 5.46. The first-order chi connectivity index (χ1) is 10.4. The van der Waals surface area contributed by atoms with Crippen molar-refractivity contribution in [3.8, 4) is 0 Å². The molecule has 2 rings (SSSR count). The largest absolute Gasteiger partial charge is 0.337 e. The average molecular weight is 362 g/mol. The van der Waals surface area contributed by atoms with E-state index < -0.39 is 10.0 Å². The molecule has 1 atom stereocenters. The van der Waals surface area contributed by atoms with E-state index in [2.05, 4.69) is 10.0 Å². The van der Waals surface area contributed by atoms with Gasteiger partial charge in [-0.1, -0.05) is 12.1 Å². The predicted molar refractivity (Wildman–Crippen MR) is 93.4 cm³/mol. The van der Waals surface area contributed by atoms with Crippen LogP contribution >= 0.6 is 12.4 Å². The molecule has 1 aliphatic rings. The molecule has 0 aliphatic carbocycles. The number of hydrogen-bond donors (Lipinski definition) is 2. The van der Waals surface area contributed by atoms with E-state index in [0.717, 1.165) is 25.1 Å². The van der Waals surface area contributed by atoms with Crippen LogP contribution in [-0.2, 0) is 16.6 Å². The number of nitrogens with one attached hydrogen (secondary N) is 2. The number of sulfonamides is 1. The van der Waals surface area contributed by atoms with Gasteiger partial charge >= 0.3 is 0 Å². The summed E-state index contributed by atoms with van der Waals surface area (Å²) < 4.78 is 25.3. The lowest BCUT2D eigenvalue weighted by Gasteiger charge is -2.23. The summed E-state index contributed by atoms with van der Waals surface area (Å²) in [5.74, 6) is 0.0541. The zero-order valence-electron chi connectivity index (χ0n) is 13.4. The van der Waals surface area contributed by atoms with Crippen molar-refractivity contribution in [1.82, 2.24) is 14.9 Å². The molecule has 1 aliphatic heterocycles. The highest BCUT2D eigenvalue weighted by molar-refractivity contribution is 7.89. The minimum atomic E-state index is -3.20. The van der Waals surface area contributed by atoms with Crippen LogP contribution in [0.1, 0.15) is 29.3 Å². The Morgan fingerprint density at radius 2 is 2.00 bits per heavy atom. The van der Waals surface area contributed by atoms with E-state index in [9.17, 15) is 13.2 Å². The molecule has 0 spiro atoms. The third-order valence-electron chi connectivity index (χ3n) is 3.98. The van der Waals surface area contributed by atoms with Crippen molar-refractivity contribution >= 4 is 28.3 Å². The monoisotopic (exact) mass is 361 g/mol. The minimum absolute atomic E-state index is 0. The molecule has 1 unspecified atom stereocenters. The Morgan fingerprint density at radius 1 is 1.35 bits per heavy atom. The van der Waals surface area contributed by atoms with E-state index in [1.165, 1.54) is 0 Å². The molecule has 130 valence electrons. The molecule has 0 bridgehead atoms. The highest BCUT2D eigenvalue weighted by Gasteiger charge is 2.23. The van der Waals surface area contributed by atoms with Crippen molar-refractivity contribution in [1.29, 1.82) is 0 Å². The number of hydrogen-bond acceptors (Lipinski definition) is 4. The topological polar surface area (TPSA) is 78.5 Å². The second-order valence-corrected chi connectivity index (χ2v) is 7.58. The van der Waals surface area contributed by atoms with Gasteiger partial charge in [-0.3, -0.25) is 4.79 Å². The van der Waals surface area contributed by atoms with Crippen LogP contribution in [0.2, 0.25) is 0 Å². The minimum Gasteiger partial charge on any atom is -0.337 e. The highest BCUT2D eigenvalue weighted by Crippen LogP contribution is 2.12. The number of halogens is 1. The van der Waals surface area contributed by atoms with Gasteiger partial charge in [-0.15, -0.1) is 12.4 Å². The summed E-state index contributed by atoms with van der Waals surface area (Å²) in [6.07, 6.45) is 0.971. The van der Waals surface area contributed by atoms with E-state index in [-0.39, 0.29) is 36.7 Å². The van der Waals surface area contributed by atoms with Crippen molar-refractivity contribution in [3.63, 3.8) is 0 Å². The van der Waals surface area contributed by atoms with Crippen LogP contribution in [-0.4, -0.2) is 51.2 Å². The van der Waals surface area contributed by atoms with E-state index in [0.29, 0.717) is 5.56 Å². The van der Waals surface area contributed by atoms with Gasteiger partial charge in [0.2, 0.25) is 10.0 Å². The van der Waals surface area contributed by atoms with E-state index >= 15 is 0 Å². The maximum atomic E-state index is 12.4. The van der Waals surface area contributed by atoms with Gasteiger partial charge in [0.15, 0.2) is 0 Å². The summed E-state index contributed by atoms with van der Waals surface area (Å²) in [7, 11) is -1.38. The second-order valence-electron chi connectivity index (χ2n) is 5.48. The van der Waals surface area contributed by atoms with Crippen molar-refractivity contribution in [3.05, 3.63) is 35.4 Å². The normalized spacial score (nSPS) is 17.6. The quantitative estimate of drug-likeness (QED) is 0.791. The van der Waals surface area contributed by atoms with Gasteiger partial charge in [-0.25, -0.2) is 13.1 Å². The second kappa shape index (κ2) is 8.63. The van der Waals surface area contributed by atoms with Crippen LogP contribution in [0, 0.1) is 0 Å². The fourth-order valence-electron chi connectivity index (χ4n) is 2.40. The molecular weight excluding hydrogens is 338 g/mol. The van der Waals surface area contributed by atoms with Gasteiger partial charge in [0.1, 0.15) is 0 Å². The lowest BCUT2D eigenvalue weighted by molar-refractivity contribution is 0.0744. The van der Waals surface area contributed by atoms with Gasteiger partial charge in [-0.05, 0) is 37.6 Å². The molecule has 1 saturated heterocycles. The Labute approximate surface area is 144 Å². The maximum Gasteiger partial charge on any atom is 0.253 e. The van der Waals surface area contributed by atoms with Crippen LogP contribution in [0.3, 0.4) is 0 Å². The molecule has 1 heterocycles. The lowest BCUT2D eigenvalue weighted by Crippen LogP contribution is -2.38. The maximum absolute atomic E-state index is 12.4. The van der Waals surface area contributed by atoms with E-state index in [4.69, 9.17) is 0 Å². The Morgan fingerprint density at radius 3 is 2.52 bits per heavy atom. The SMILES string of the molecule is CCS(=O)(=O)NCc1ccc(C(=O)N(C)C2CCNC2)cc1.Cl. The first-order valence-electron chi connectivity index (χ1n) is 7.47. The Hall–Kier alpha value is -1.15. The molecule has 23 heavy (non-hydrogen) atoms. The summed E-state index contributed by atoms with van der Waals surface area (Å²) in [5, 5.41) is 3.25. The molecule has 8 heteroatoms. The average Bonchev–Trinajstić information content (AvgIpc) is 3.06. The predicted octanol–water partition coefficient (Wildman–Crippen LogP) is 0.982. The van der Waals surface area contributed by atoms with Crippen LogP contribution in [0.15, 0.2) is 24.3 Å². The summed E-state index contributed by atoms with van der Waals surface area (Å²) >= 11 is 0. The lowest BCUT2D eigenvalue weighted by atomic mass is 10.1. The molecule has 0 saturated carbocycles. The summed E-state index contributed by atoms with van der Waals surface area (Å²) in [6.45, 7) is 3.61. The standard InChI is InChI=1S/C15H23N3O3S.ClH/c1-3-22(20,21)17-10-12-4-6-13(7-5-12)15(19)18(2)14-8-9-16-11-14;/h4-7,14,16-17H,3,8-11H2,1-2H3;1H. The van der Waals surface area contributed by atoms with Crippen molar-refractivity contribution in [2.45, 2.75) is 25.9 Å². The molecule has 0 radical (unpaired) electrons. The molecular formula is C15H24ClN3O3S. The number of amides is 1. The zero-order chi connectivity index (χ0) is 16.2. The Balaban J connectivity index is 0.00000264. The van der Waals surface area contributed by atoms with Crippen molar-refractivity contribution < 1.29 is 13.2 Å². The highest BCUT2D eigenvalue weighted by atomic mass is 35.5. The molecule has 1 aromatic rings. The van der Waals surface area contributed by atoms with E-state index in [1.807, 2.05) is 7.05 Å². The van der Waals surface area contributed by atoms with Crippen LogP contribution in [0.5, 0.6) is 0 Å². The van der Waals surface area contributed by atoms with Gasteiger partial charge < -0.3 is 10.2 Å². The van der Waals surface area contributed by atoms with Gasteiger partial charge in [0.25, 0.3) is 5.91 Å². The molecule has 1 amide bonds. The summed E-state index contributed by atoms with van der Waals surface area (Å²) in [4.78, 5) is 14.2. The number of likely N-dealkylation sites (N-methyl/N-ethyl adjacent to an activating group) is 1. The number of carbonyl (C=O) groups excluding carboxylic acids is 1. The fourth-order valence-corrected chi connectivity index (χ4v) is 2.99. The number of carbonyl (C=O) groups is 1. The number of rotatable bonds is 6. The van der Waals surface area contributed by atoms with Gasteiger partial charge in [-0.2, -0.15) is 0 Å². The first-order valence-corrected chi connectivity index (χ1v) is 9.12. The van der Waals surface area contributed by atoms with Gasteiger partial charge in [0, 0.05) is 31.7 Å². The third-order valence-corrected chi connectivity index (χ3v) is 5.32. The van der Waals surface area contributed by atoms with Crippen LogP contribution in [0.4, 0.5) is 0 Å². The smallest absolute Gasteiger partial charge is 0.253 e. The van der Waals surface area contributed by atoms with Crippen molar-refractivity contribution in [2.24, 2.45) is 0 Å². The molecule has 6 nitrogen and oxygen atoms in total. The van der Waals surface area contributed by atoms with Crippen molar-refractivity contribution in [2.75, 3.05) is 25.9 Å². The Bertz CT molecular complexity index is 613. The van der Waals surface area contributed by atoms with Crippen LogP contribution < -0.4 is 10.0 Å². The molecule has 1 aromatic carbocycles. The van der Waals surface area contributed by atoms with Crippen LogP contribution in [0.25, 0.3) is 0 Å². The molecule has 1 fully saturated rings. The molecule has 2 N–H and O–H groups in total. The first kappa shape index (κ1) is 19.9. The van der Waals surface area contributed by atoms with E-state index in [1.54, 1.807) is 36.1 Å². The summed E-state index contributed by atoms with van der Waals surface area (Å²) in [6, 6.07) is 7.30. The molecule has 0 aromatic heterocycles. The summed E-state index contributed by atoms with van der Waals surface area (Å²) in [5.41, 5.74) is 1.45. The fraction of sp³-hybridized carbons (Fsp3) is 0.533. The number of benzene rings is 1.